The molecule has 4 aromatic rings. The number of fused-ring (bicyclic) bond motifs is 9. The number of aromatic amines is 1. The maximum atomic E-state index is 13.9. The summed E-state index contributed by atoms with van der Waals surface area (Å²) in [4.78, 5) is 58.0. The maximum absolute atomic E-state index is 13.9. The summed E-state index contributed by atoms with van der Waals surface area (Å²) in [6, 6.07) is 20.2. The fraction of sp³-hybridized carbons (Fsp3) is 0.273. The van der Waals surface area contributed by atoms with E-state index in [1.807, 2.05) is 24.3 Å². The largest absolute Gasteiger partial charge is 0.484 e. The standard InChI is InChI=1S/C33H27BrN4O7S3/c34-16-3-7-18(8-4-16)38-31(40)26-21-13-22(27(26)32(38)41)28-25(21)24(29-30(46-28)37-33(42)47-29)15-1-9-19(10-2-15)45-14-23(39)36-17-5-11-20(12-6-17)48(35,43)44/h1-12,21-22,24-28H,13-14H2,(H,36,39)(H,37,42)(H2,35,43,44)/t21-,22-,24-,25?,26?,27?,28?/m1/s1. The molecule has 3 fully saturated rings. The number of nitrogens with one attached hydrogen (secondary N) is 2. The van der Waals surface area contributed by atoms with Gasteiger partial charge >= 0.3 is 4.87 Å². The van der Waals surface area contributed by atoms with Gasteiger partial charge in [-0.3, -0.25) is 24.1 Å². The van der Waals surface area contributed by atoms with Crippen molar-refractivity contribution in [3.8, 4) is 5.75 Å². The SMILES string of the molecule is NS(=O)(=O)c1ccc(NC(=O)COc2ccc([C@H]3c4sc(=O)[nH]c4SC4C3[C@H]3C[C@@H]4C4C(=O)N(c5ccc(Br)cc5)C(=O)C43)cc2)cc1. The van der Waals surface area contributed by atoms with Crippen LogP contribution in [0.5, 0.6) is 5.75 Å². The number of hydrogen-bond acceptors (Lipinski definition) is 9. The lowest BCUT2D eigenvalue weighted by Gasteiger charge is -2.43. The molecule has 1 saturated heterocycles. The number of hydrogen-bond donors (Lipinski definition) is 3. The van der Waals surface area contributed by atoms with Gasteiger partial charge in [0.05, 0.1) is 27.4 Å². The fourth-order valence-electron chi connectivity index (χ4n) is 8.08. The first-order valence-corrected chi connectivity index (χ1v) is 19.2. The van der Waals surface area contributed by atoms with Gasteiger partial charge in [-0.1, -0.05) is 39.4 Å². The number of thiazole rings is 1. The van der Waals surface area contributed by atoms with Crippen LogP contribution in [0.15, 0.2) is 92.0 Å². The number of halogens is 1. The monoisotopic (exact) mass is 766 g/mol. The third-order valence-electron chi connectivity index (χ3n) is 9.88. The molecule has 3 aromatic carbocycles. The van der Waals surface area contributed by atoms with E-state index in [1.54, 1.807) is 36.0 Å². The molecule has 4 N–H and O–H groups in total. The molecule has 4 aliphatic rings. The number of imide groups is 1. The first kappa shape index (κ1) is 31.5. The Bertz CT molecular complexity index is 2130. The van der Waals surface area contributed by atoms with Crippen LogP contribution in [-0.2, 0) is 24.4 Å². The highest BCUT2D eigenvalue weighted by molar-refractivity contribution is 9.10. The first-order valence-electron chi connectivity index (χ1n) is 15.2. The van der Waals surface area contributed by atoms with Crippen molar-refractivity contribution in [2.75, 3.05) is 16.8 Å². The number of H-pyrrole nitrogens is 1. The molecule has 48 heavy (non-hydrogen) atoms. The number of nitrogens with zero attached hydrogens (tertiary/aromatic N) is 1. The van der Waals surface area contributed by atoms with Crippen LogP contribution in [0, 0.1) is 29.6 Å². The van der Waals surface area contributed by atoms with Gasteiger partial charge in [0.2, 0.25) is 21.8 Å². The highest BCUT2D eigenvalue weighted by Crippen LogP contribution is 2.68. The zero-order chi connectivity index (χ0) is 33.5. The number of rotatable bonds is 7. The molecule has 2 saturated carbocycles. The van der Waals surface area contributed by atoms with Crippen molar-refractivity contribution in [3.63, 3.8) is 0 Å². The summed E-state index contributed by atoms with van der Waals surface area (Å²) in [6.45, 7) is -0.275. The summed E-state index contributed by atoms with van der Waals surface area (Å²) >= 11 is 6.26. The zero-order valence-corrected chi connectivity index (χ0v) is 28.9. The van der Waals surface area contributed by atoms with Crippen molar-refractivity contribution in [1.29, 1.82) is 0 Å². The van der Waals surface area contributed by atoms with Gasteiger partial charge in [-0.2, -0.15) is 0 Å². The Morgan fingerprint density at radius 2 is 1.62 bits per heavy atom. The number of aromatic nitrogens is 1. The Kier molecular flexibility index (Phi) is 7.67. The van der Waals surface area contributed by atoms with E-state index in [4.69, 9.17) is 9.88 Å². The molecule has 246 valence electrons. The second-order valence-electron chi connectivity index (χ2n) is 12.4. The molecule has 4 unspecified atom stereocenters. The van der Waals surface area contributed by atoms with Gasteiger partial charge in [0.15, 0.2) is 6.61 Å². The number of thioether (sulfide) groups is 1. The highest BCUT2D eigenvalue weighted by Gasteiger charge is 2.69. The number of nitrogens with two attached hydrogens (primary N) is 1. The smallest absolute Gasteiger partial charge is 0.305 e. The molecule has 15 heteroatoms. The van der Waals surface area contributed by atoms with Crippen LogP contribution in [0.4, 0.5) is 11.4 Å². The number of anilines is 2. The maximum Gasteiger partial charge on any atom is 0.305 e. The molecule has 2 bridgehead atoms. The molecule has 11 nitrogen and oxygen atoms in total. The minimum absolute atomic E-state index is 0.0107. The minimum Gasteiger partial charge on any atom is -0.484 e. The Hall–Kier alpha value is -3.76. The number of sulfonamides is 1. The topological polar surface area (TPSA) is 169 Å². The zero-order valence-electron chi connectivity index (χ0n) is 24.9. The average Bonchev–Trinajstić information content (AvgIpc) is 3.79. The lowest BCUT2D eigenvalue weighted by molar-refractivity contribution is -0.123. The molecule has 3 amide bonds. The predicted octanol–water partition coefficient (Wildman–Crippen LogP) is 4.54. The molecule has 7 atom stereocenters. The van der Waals surface area contributed by atoms with Gasteiger partial charge in [-0.05, 0) is 90.4 Å². The third-order valence-corrected chi connectivity index (χ3v) is 13.9. The molecular weight excluding hydrogens is 740 g/mol. The number of ether oxygens (including phenoxy) is 1. The number of carbonyl (C=O) groups excluding carboxylic acids is 3. The van der Waals surface area contributed by atoms with Crippen LogP contribution in [0.25, 0.3) is 0 Å². The van der Waals surface area contributed by atoms with Crippen molar-refractivity contribution in [2.45, 2.75) is 27.5 Å². The summed E-state index contributed by atoms with van der Waals surface area (Å²) in [5.74, 6) is -1.09. The van der Waals surface area contributed by atoms with E-state index in [9.17, 15) is 27.6 Å². The van der Waals surface area contributed by atoms with Crippen LogP contribution < -0.4 is 25.0 Å². The lowest BCUT2D eigenvalue weighted by atomic mass is 9.68. The molecule has 3 heterocycles. The van der Waals surface area contributed by atoms with Crippen molar-refractivity contribution < 1.29 is 27.5 Å². The Morgan fingerprint density at radius 3 is 2.29 bits per heavy atom. The molecule has 2 aliphatic carbocycles. The van der Waals surface area contributed by atoms with Gasteiger partial charge in [0.1, 0.15) is 5.75 Å². The third kappa shape index (κ3) is 5.23. The van der Waals surface area contributed by atoms with Crippen molar-refractivity contribution >= 4 is 78.1 Å². The minimum atomic E-state index is -3.84. The van der Waals surface area contributed by atoms with E-state index in [2.05, 4.69) is 26.2 Å². The fourth-order valence-corrected chi connectivity index (χ4v) is 11.7. The van der Waals surface area contributed by atoms with E-state index in [0.29, 0.717) is 17.1 Å². The van der Waals surface area contributed by atoms with Crippen LogP contribution in [0.2, 0.25) is 0 Å². The van der Waals surface area contributed by atoms with Crippen LogP contribution in [0.1, 0.15) is 22.8 Å². The van der Waals surface area contributed by atoms with E-state index in [1.165, 1.54) is 40.5 Å². The van der Waals surface area contributed by atoms with Gasteiger partial charge in [0.25, 0.3) is 5.91 Å². The van der Waals surface area contributed by atoms with Gasteiger partial charge in [-0.15, -0.1) is 11.8 Å². The van der Waals surface area contributed by atoms with Gasteiger partial charge < -0.3 is 15.0 Å². The quantitative estimate of drug-likeness (QED) is 0.231. The summed E-state index contributed by atoms with van der Waals surface area (Å²) in [6.07, 6.45) is 0.792. The Morgan fingerprint density at radius 1 is 0.958 bits per heavy atom. The number of primary sulfonamides is 1. The van der Waals surface area contributed by atoms with E-state index >= 15 is 0 Å². The summed E-state index contributed by atoms with van der Waals surface area (Å²) in [5.41, 5.74) is 1.95. The van der Waals surface area contributed by atoms with Gasteiger partial charge in [0, 0.05) is 26.2 Å². The molecule has 1 aromatic heterocycles. The molecule has 0 radical (unpaired) electrons. The van der Waals surface area contributed by atoms with Crippen molar-refractivity contribution in [1.82, 2.24) is 4.98 Å². The van der Waals surface area contributed by atoms with E-state index in [-0.39, 0.29) is 63.0 Å². The number of carbonyl (C=O) groups is 3. The molecule has 2 aliphatic heterocycles. The van der Waals surface area contributed by atoms with Crippen LogP contribution in [0.3, 0.4) is 0 Å². The van der Waals surface area contributed by atoms with Crippen molar-refractivity contribution in [2.24, 2.45) is 34.7 Å². The van der Waals surface area contributed by atoms with Gasteiger partial charge in [-0.25, -0.2) is 13.6 Å². The van der Waals surface area contributed by atoms with Crippen LogP contribution in [-0.4, -0.2) is 43.0 Å². The summed E-state index contributed by atoms with van der Waals surface area (Å²) < 4.78 is 29.5. The highest BCUT2D eigenvalue weighted by atomic mass is 79.9. The number of benzene rings is 3. The Labute approximate surface area is 291 Å². The normalized spacial score (nSPS) is 27.0. The summed E-state index contributed by atoms with van der Waals surface area (Å²) in [7, 11) is -3.84. The predicted molar refractivity (Wildman–Crippen MR) is 184 cm³/mol. The van der Waals surface area contributed by atoms with E-state index in [0.717, 1.165) is 26.4 Å². The van der Waals surface area contributed by atoms with Crippen LogP contribution >= 0.6 is 39.0 Å². The molecule has 8 rings (SSSR count). The molecule has 0 spiro atoms. The summed E-state index contributed by atoms with van der Waals surface area (Å²) in [5, 5.41) is 8.68. The second-order valence-corrected chi connectivity index (χ2v) is 17.1. The number of amides is 3. The second kappa shape index (κ2) is 11.7. The Balaban J connectivity index is 1.02. The van der Waals surface area contributed by atoms with Crippen molar-refractivity contribution in [3.05, 3.63) is 97.4 Å². The van der Waals surface area contributed by atoms with E-state index < -0.39 is 21.8 Å². The average molecular weight is 768 g/mol. The lowest BCUT2D eigenvalue weighted by Crippen LogP contribution is -2.42. The molecular formula is C33H27BrN4O7S3. The first-order chi connectivity index (χ1) is 23.0.